The lowest BCUT2D eigenvalue weighted by molar-refractivity contribution is 0.115. The van der Waals surface area contributed by atoms with Gasteiger partial charge in [-0.15, -0.1) is 0 Å². The Bertz CT molecular complexity index is 228. The standard InChI is InChI=1S/C9H18N4/c1-12-5-3-9(4-6-12)7-11-8(10)13(9)2/h3-7H2,1-2H3,(H2,10,11). The first-order valence-electron chi connectivity index (χ1n) is 4.86. The second-order valence-electron chi connectivity index (χ2n) is 4.26. The maximum Gasteiger partial charge on any atom is 0.191 e. The van der Waals surface area contributed by atoms with Gasteiger partial charge in [-0.05, 0) is 19.9 Å². The van der Waals surface area contributed by atoms with Crippen molar-refractivity contribution in [3.05, 3.63) is 0 Å². The van der Waals surface area contributed by atoms with E-state index >= 15 is 0 Å². The number of nitrogens with two attached hydrogens (primary N) is 1. The molecular formula is C9H18N4. The van der Waals surface area contributed by atoms with E-state index in [-0.39, 0.29) is 5.54 Å². The molecule has 0 aromatic rings. The topological polar surface area (TPSA) is 44.9 Å². The molecule has 0 radical (unpaired) electrons. The van der Waals surface area contributed by atoms with Gasteiger partial charge in [-0.1, -0.05) is 0 Å². The molecule has 2 aliphatic rings. The normalized spacial score (nSPS) is 28.2. The quantitative estimate of drug-likeness (QED) is 0.560. The average Bonchev–Trinajstić information content (AvgIpc) is 2.40. The molecule has 1 saturated heterocycles. The summed E-state index contributed by atoms with van der Waals surface area (Å²) >= 11 is 0. The summed E-state index contributed by atoms with van der Waals surface area (Å²) in [7, 11) is 4.24. The zero-order valence-corrected chi connectivity index (χ0v) is 8.45. The molecule has 13 heavy (non-hydrogen) atoms. The van der Waals surface area contributed by atoms with Crippen molar-refractivity contribution >= 4 is 5.96 Å². The van der Waals surface area contributed by atoms with Crippen molar-refractivity contribution in [2.45, 2.75) is 18.4 Å². The maximum atomic E-state index is 5.78. The van der Waals surface area contributed by atoms with E-state index in [9.17, 15) is 0 Å². The van der Waals surface area contributed by atoms with Gasteiger partial charge in [-0.2, -0.15) is 0 Å². The molecule has 2 aliphatic heterocycles. The molecule has 4 heteroatoms. The van der Waals surface area contributed by atoms with E-state index in [2.05, 4.69) is 28.9 Å². The lowest BCUT2D eigenvalue weighted by Crippen LogP contribution is -2.54. The van der Waals surface area contributed by atoms with E-state index in [0.717, 1.165) is 19.6 Å². The Labute approximate surface area is 79.4 Å². The Morgan fingerprint density at radius 3 is 2.38 bits per heavy atom. The van der Waals surface area contributed by atoms with Crippen LogP contribution in [0.1, 0.15) is 12.8 Å². The van der Waals surface area contributed by atoms with Crippen molar-refractivity contribution in [1.82, 2.24) is 9.80 Å². The molecule has 74 valence electrons. The molecule has 0 aliphatic carbocycles. The van der Waals surface area contributed by atoms with Crippen molar-refractivity contribution in [3.8, 4) is 0 Å². The fourth-order valence-electron chi connectivity index (χ4n) is 2.21. The number of guanidine groups is 1. The van der Waals surface area contributed by atoms with Crippen LogP contribution in [0.3, 0.4) is 0 Å². The fourth-order valence-corrected chi connectivity index (χ4v) is 2.21. The van der Waals surface area contributed by atoms with Crippen molar-refractivity contribution in [3.63, 3.8) is 0 Å². The Kier molecular flexibility index (Phi) is 1.95. The summed E-state index contributed by atoms with van der Waals surface area (Å²) < 4.78 is 0. The summed E-state index contributed by atoms with van der Waals surface area (Å²) in [4.78, 5) is 8.86. The van der Waals surface area contributed by atoms with Crippen LogP contribution in [0.4, 0.5) is 0 Å². The summed E-state index contributed by atoms with van der Waals surface area (Å²) in [5.41, 5.74) is 6.03. The van der Waals surface area contributed by atoms with E-state index in [0.29, 0.717) is 5.96 Å². The van der Waals surface area contributed by atoms with Crippen LogP contribution in [0, 0.1) is 0 Å². The molecule has 2 N–H and O–H groups in total. The average molecular weight is 182 g/mol. The van der Waals surface area contributed by atoms with Crippen LogP contribution in [0.25, 0.3) is 0 Å². The summed E-state index contributed by atoms with van der Waals surface area (Å²) in [5, 5.41) is 0. The molecule has 0 aromatic heterocycles. The minimum Gasteiger partial charge on any atom is -0.370 e. The third kappa shape index (κ3) is 1.29. The molecule has 0 unspecified atom stereocenters. The van der Waals surface area contributed by atoms with Crippen LogP contribution in [-0.4, -0.2) is 55.0 Å². The first-order chi connectivity index (χ1) is 6.14. The van der Waals surface area contributed by atoms with Gasteiger partial charge in [0.05, 0.1) is 12.1 Å². The lowest BCUT2D eigenvalue weighted by atomic mass is 9.87. The number of likely N-dealkylation sites (N-methyl/N-ethyl adjacent to an activating group) is 1. The number of piperidine rings is 1. The van der Waals surface area contributed by atoms with Crippen molar-refractivity contribution in [1.29, 1.82) is 0 Å². The van der Waals surface area contributed by atoms with Gasteiger partial charge in [0.25, 0.3) is 0 Å². The van der Waals surface area contributed by atoms with E-state index in [1.165, 1.54) is 12.8 Å². The summed E-state index contributed by atoms with van der Waals surface area (Å²) in [6, 6.07) is 0. The van der Waals surface area contributed by atoms with E-state index in [4.69, 9.17) is 5.73 Å². The Balaban J connectivity index is 2.07. The first kappa shape index (κ1) is 8.81. The number of hydrogen-bond donors (Lipinski definition) is 1. The molecule has 0 atom stereocenters. The van der Waals surface area contributed by atoms with Gasteiger partial charge in [0, 0.05) is 20.1 Å². The van der Waals surface area contributed by atoms with Gasteiger partial charge in [-0.25, -0.2) is 0 Å². The summed E-state index contributed by atoms with van der Waals surface area (Å²) in [6.45, 7) is 3.21. The Morgan fingerprint density at radius 2 is 1.92 bits per heavy atom. The monoisotopic (exact) mass is 182 g/mol. The van der Waals surface area contributed by atoms with Crippen LogP contribution < -0.4 is 5.73 Å². The zero-order valence-electron chi connectivity index (χ0n) is 8.45. The number of nitrogens with zero attached hydrogens (tertiary/aromatic N) is 3. The van der Waals surface area contributed by atoms with Crippen LogP contribution in [0.5, 0.6) is 0 Å². The maximum absolute atomic E-state index is 5.78. The van der Waals surface area contributed by atoms with Crippen molar-refractivity contribution < 1.29 is 0 Å². The van der Waals surface area contributed by atoms with Gasteiger partial charge < -0.3 is 15.5 Å². The second kappa shape index (κ2) is 2.87. The van der Waals surface area contributed by atoms with Gasteiger partial charge >= 0.3 is 0 Å². The molecule has 0 bridgehead atoms. The highest BCUT2D eigenvalue weighted by Gasteiger charge is 2.41. The predicted octanol–water partition coefficient (Wildman–Crippen LogP) is -0.289. The number of likely N-dealkylation sites (tertiary alicyclic amines) is 1. The van der Waals surface area contributed by atoms with Crippen molar-refractivity contribution in [2.24, 2.45) is 10.7 Å². The van der Waals surface area contributed by atoms with E-state index in [1.54, 1.807) is 0 Å². The predicted molar refractivity (Wildman–Crippen MR) is 53.7 cm³/mol. The van der Waals surface area contributed by atoms with E-state index in [1.807, 2.05) is 0 Å². The van der Waals surface area contributed by atoms with Crippen molar-refractivity contribution in [2.75, 3.05) is 33.7 Å². The SMILES string of the molecule is CN1CCC2(CC1)CN=C(N)N2C. The number of aliphatic imine (C=N–C) groups is 1. The highest BCUT2D eigenvalue weighted by Crippen LogP contribution is 2.30. The van der Waals surface area contributed by atoms with Crippen LogP contribution in [0.15, 0.2) is 4.99 Å². The molecule has 2 rings (SSSR count). The van der Waals surface area contributed by atoms with Gasteiger partial charge in [0.1, 0.15) is 0 Å². The van der Waals surface area contributed by atoms with Gasteiger partial charge in [0.15, 0.2) is 5.96 Å². The summed E-state index contributed by atoms with van der Waals surface area (Å²) in [6.07, 6.45) is 2.37. The minimum atomic E-state index is 0.247. The number of hydrogen-bond acceptors (Lipinski definition) is 4. The molecule has 0 amide bonds. The third-order valence-electron chi connectivity index (χ3n) is 3.51. The van der Waals surface area contributed by atoms with Crippen LogP contribution in [0.2, 0.25) is 0 Å². The highest BCUT2D eigenvalue weighted by atomic mass is 15.3. The number of rotatable bonds is 0. The van der Waals surface area contributed by atoms with Crippen LogP contribution in [-0.2, 0) is 0 Å². The smallest absolute Gasteiger partial charge is 0.191 e. The van der Waals surface area contributed by atoms with Gasteiger partial charge in [0.2, 0.25) is 0 Å². The lowest BCUT2D eigenvalue weighted by Gasteiger charge is -2.42. The molecule has 1 spiro atoms. The minimum absolute atomic E-state index is 0.247. The summed E-state index contributed by atoms with van der Waals surface area (Å²) in [5.74, 6) is 0.713. The Hall–Kier alpha value is -0.770. The van der Waals surface area contributed by atoms with Crippen LogP contribution >= 0.6 is 0 Å². The van der Waals surface area contributed by atoms with E-state index < -0.39 is 0 Å². The third-order valence-corrected chi connectivity index (χ3v) is 3.51. The largest absolute Gasteiger partial charge is 0.370 e. The molecule has 2 heterocycles. The zero-order chi connectivity index (χ0) is 9.47. The van der Waals surface area contributed by atoms with Gasteiger partial charge in [-0.3, -0.25) is 4.99 Å². The fraction of sp³-hybridized carbons (Fsp3) is 0.889. The second-order valence-corrected chi connectivity index (χ2v) is 4.26. The molecule has 4 nitrogen and oxygen atoms in total. The molecule has 1 fully saturated rings. The highest BCUT2D eigenvalue weighted by molar-refractivity contribution is 5.80. The molecule has 0 saturated carbocycles. The first-order valence-corrected chi connectivity index (χ1v) is 4.86. The molecular weight excluding hydrogens is 164 g/mol. The molecule has 0 aromatic carbocycles. The Morgan fingerprint density at radius 1 is 1.31 bits per heavy atom.